The molecular weight excluding hydrogens is 388 g/mol. The number of aryl methyl sites for hydroxylation is 1. The van der Waals surface area contributed by atoms with E-state index in [2.05, 4.69) is 4.57 Å². The van der Waals surface area contributed by atoms with E-state index in [-0.39, 0.29) is 11.8 Å². The van der Waals surface area contributed by atoms with Gasteiger partial charge in [0.1, 0.15) is 0 Å². The number of imide groups is 1. The zero-order valence-electron chi connectivity index (χ0n) is 17.2. The molecule has 0 saturated carbocycles. The molecule has 4 heterocycles. The third-order valence-electron chi connectivity index (χ3n) is 6.64. The van der Waals surface area contributed by atoms with Crippen molar-refractivity contribution in [2.75, 3.05) is 11.4 Å². The molecule has 4 aromatic rings. The summed E-state index contributed by atoms with van der Waals surface area (Å²) in [6.45, 7) is 1.39. The van der Waals surface area contributed by atoms with Gasteiger partial charge in [-0.2, -0.15) is 0 Å². The van der Waals surface area contributed by atoms with Crippen LogP contribution in [0.25, 0.3) is 27.4 Å². The maximum absolute atomic E-state index is 13.7. The summed E-state index contributed by atoms with van der Waals surface area (Å²) in [5, 5.41) is 1.90. The Bertz CT molecular complexity index is 1440. The van der Waals surface area contributed by atoms with E-state index in [0.717, 1.165) is 46.0 Å². The molecule has 2 aromatic carbocycles. The first kappa shape index (κ1) is 18.2. The van der Waals surface area contributed by atoms with Crippen LogP contribution in [0.4, 0.5) is 5.69 Å². The molecule has 0 aliphatic carbocycles. The summed E-state index contributed by atoms with van der Waals surface area (Å²) in [5.74, 6) is -0.239. The van der Waals surface area contributed by atoms with Crippen molar-refractivity contribution in [3.05, 3.63) is 72.1 Å². The Morgan fingerprint density at radius 1 is 1.00 bits per heavy atom. The highest BCUT2D eigenvalue weighted by atomic mass is 16.2. The maximum Gasteiger partial charge on any atom is 0.266 e. The predicted molar refractivity (Wildman–Crippen MR) is 122 cm³/mol. The Balaban J connectivity index is 1.51. The molecule has 2 N–H and O–H groups in total. The SMILES string of the molecule is Cn1cc(C2=CC(=O)N(c3c4n(c5ccccc35)CC(CN)C4)C2=O)c2ccccc21. The van der Waals surface area contributed by atoms with Gasteiger partial charge in [-0.05, 0) is 31.0 Å². The minimum absolute atomic E-state index is 0.267. The third kappa shape index (κ3) is 2.42. The van der Waals surface area contributed by atoms with E-state index in [1.807, 2.05) is 66.3 Å². The van der Waals surface area contributed by atoms with Crippen molar-refractivity contribution in [3.8, 4) is 0 Å². The number of amides is 2. The normalized spacial score (nSPS) is 18.5. The molecule has 154 valence electrons. The van der Waals surface area contributed by atoms with Gasteiger partial charge in [-0.15, -0.1) is 0 Å². The van der Waals surface area contributed by atoms with Gasteiger partial charge in [-0.1, -0.05) is 36.4 Å². The van der Waals surface area contributed by atoms with Gasteiger partial charge in [0.25, 0.3) is 11.8 Å². The van der Waals surface area contributed by atoms with Crippen molar-refractivity contribution in [1.29, 1.82) is 0 Å². The second kappa shape index (κ2) is 6.43. The highest BCUT2D eigenvalue weighted by Gasteiger charge is 2.39. The molecule has 0 saturated heterocycles. The third-order valence-corrected chi connectivity index (χ3v) is 6.64. The van der Waals surface area contributed by atoms with Gasteiger partial charge in [0.15, 0.2) is 0 Å². The Kier molecular flexibility index (Phi) is 3.76. The van der Waals surface area contributed by atoms with Crippen LogP contribution >= 0.6 is 0 Å². The standard InChI is InChI=1S/C25H22N4O2/c1-27-14-19(16-6-2-4-8-20(16)27)18-11-23(30)29(25(18)31)24-17-7-3-5-9-21(17)28-13-15(12-26)10-22(24)28/h2-9,11,14-15H,10,12-13,26H2,1H3. The number of carbonyl (C=O) groups excluding carboxylic acids is 2. The number of para-hydroxylation sites is 2. The number of nitrogens with two attached hydrogens (primary N) is 1. The summed E-state index contributed by atoms with van der Waals surface area (Å²) in [6, 6.07) is 15.9. The molecule has 0 fully saturated rings. The summed E-state index contributed by atoms with van der Waals surface area (Å²) >= 11 is 0. The van der Waals surface area contributed by atoms with Gasteiger partial charge in [-0.3, -0.25) is 9.59 Å². The summed E-state index contributed by atoms with van der Waals surface area (Å²) in [5.41, 5.74) is 11.0. The van der Waals surface area contributed by atoms with Crippen LogP contribution in [0.15, 0.2) is 60.8 Å². The van der Waals surface area contributed by atoms with Crippen LogP contribution in [0.3, 0.4) is 0 Å². The Morgan fingerprint density at radius 3 is 2.48 bits per heavy atom. The number of anilines is 1. The van der Waals surface area contributed by atoms with Crippen LogP contribution in [-0.2, 0) is 29.6 Å². The average Bonchev–Trinajstić information content (AvgIpc) is 3.50. The first-order valence-electron chi connectivity index (χ1n) is 10.5. The monoisotopic (exact) mass is 410 g/mol. The van der Waals surface area contributed by atoms with Crippen molar-refractivity contribution in [1.82, 2.24) is 9.13 Å². The summed E-state index contributed by atoms with van der Waals surface area (Å²) < 4.78 is 4.21. The lowest BCUT2D eigenvalue weighted by Gasteiger charge is -2.16. The average molecular weight is 410 g/mol. The van der Waals surface area contributed by atoms with E-state index in [4.69, 9.17) is 5.73 Å². The fraction of sp³-hybridized carbons (Fsp3) is 0.200. The first-order valence-corrected chi connectivity index (χ1v) is 10.5. The van der Waals surface area contributed by atoms with Crippen LogP contribution in [0.5, 0.6) is 0 Å². The quantitative estimate of drug-likeness (QED) is 0.527. The minimum atomic E-state index is -0.289. The lowest BCUT2D eigenvalue weighted by Crippen LogP contribution is -2.31. The number of fused-ring (bicyclic) bond motifs is 4. The molecule has 1 unspecified atom stereocenters. The van der Waals surface area contributed by atoms with Crippen molar-refractivity contribution in [3.63, 3.8) is 0 Å². The number of hydrogen-bond acceptors (Lipinski definition) is 3. The molecule has 2 aliphatic heterocycles. The minimum Gasteiger partial charge on any atom is -0.350 e. The van der Waals surface area contributed by atoms with Crippen LogP contribution in [0.2, 0.25) is 0 Å². The number of carbonyl (C=O) groups is 2. The summed E-state index contributed by atoms with van der Waals surface area (Å²) in [7, 11) is 1.95. The van der Waals surface area contributed by atoms with Gasteiger partial charge < -0.3 is 14.9 Å². The van der Waals surface area contributed by atoms with Crippen LogP contribution < -0.4 is 10.6 Å². The molecule has 0 spiro atoms. The van der Waals surface area contributed by atoms with E-state index in [0.29, 0.717) is 23.7 Å². The fourth-order valence-corrected chi connectivity index (χ4v) is 5.19. The lowest BCUT2D eigenvalue weighted by atomic mass is 10.0. The highest BCUT2D eigenvalue weighted by Crippen LogP contribution is 2.42. The van der Waals surface area contributed by atoms with Crippen LogP contribution in [0, 0.1) is 5.92 Å². The molecule has 6 heteroatoms. The molecule has 1 atom stereocenters. The van der Waals surface area contributed by atoms with Crippen LogP contribution in [0.1, 0.15) is 11.3 Å². The molecule has 31 heavy (non-hydrogen) atoms. The van der Waals surface area contributed by atoms with Crippen molar-refractivity contribution >= 4 is 44.9 Å². The molecular formula is C25H22N4O2. The number of hydrogen-bond donors (Lipinski definition) is 1. The number of rotatable bonds is 3. The largest absolute Gasteiger partial charge is 0.350 e. The summed E-state index contributed by atoms with van der Waals surface area (Å²) in [6.07, 6.45) is 4.18. The van der Waals surface area contributed by atoms with Gasteiger partial charge in [0.05, 0.1) is 16.8 Å². The maximum atomic E-state index is 13.7. The second-order valence-electron chi connectivity index (χ2n) is 8.44. The zero-order chi connectivity index (χ0) is 21.3. The molecule has 2 aromatic heterocycles. The smallest absolute Gasteiger partial charge is 0.266 e. The fourth-order valence-electron chi connectivity index (χ4n) is 5.19. The Morgan fingerprint density at radius 2 is 1.71 bits per heavy atom. The molecule has 2 amide bonds. The van der Waals surface area contributed by atoms with E-state index < -0.39 is 0 Å². The molecule has 2 aliphatic rings. The van der Waals surface area contributed by atoms with Gasteiger partial charge in [0, 0.05) is 53.4 Å². The van der Waals surface area contributed by atoms with Gasteiger partial charge in [0.2, 0.25) is 0 Å². The molecule has 0 bridgehead atoms. The van der Waals surface area contributed by atoms with E-state index >= 15 is 0 Å². The van der Waals surface area contributed by atoms with Gasteiger partial charge >= 0.3 is 0 Å². The molecule has 6 nitrogen and oxygen atoms in total. The molecule has 6 rings (SSSR count). The lowest BCUT2D eigenvalue weighted by molar-refractivity contribution is -0.119. The van der Waals surface area contributed by atoms with E-state index in [1.54, 1.807) is 0 Å². The Labute approximate surface area is 179 Å². The zero-order valence-corrected chi connectivity index (χ0v) is 17.2. The van der Waals surface area contributed by atoms with Crippen molar-refractivity contribution in [2.45, 2.75) is 13.0 Å². The number of aromatic nitrogens is 2. The predicted octanol–water partition coefficient (Wildman–Crippen LogP) is 3.22. The summed E-state index contributed by atoms with van der Waals surface area (Å²) in [4.78, 5) is 28.2. The molecule has 0 radical (unpaired) electrons. The topological polar surface area (TPSA) is 73.3 Å². The highest BCUT2D eigenvalue weighted by molar-refractivity contribution is 6.45. The number of nitrogens with zero attached hydrogens (tertiary/aromatic N) is 3. The van der Waals surface area contributed by atoms with Gasteiger partial charge in [-0.25, -0.2) is 4.90 Å². The van der Waals surface area contributed by atoms with E-state index in [1.165, 1.54) is 11.0 Å². The Hall–Kier alpha value is -3.64. The van der Waals surface area contributed by atoms with Crippen molar-refractivity contribution in [2.24, 2.45) is 18.7 Å². The number of benzene rings is 2. The second-order valence-corrected chi connectivity index (χ2v) is 8.44. The van der Waals surface area contributed by atoms with Crippen LogP contribution in [-0.4, -0.2) is 27.5 Å². The van der Waals surface area contributed by atoms with E-state index in [9.17, 15) is 9.59 Å². The first-order chi connectivity index (χ1) is 15.1. The van der Waals surface area contributed by atoms with Crippen molar-refractivity contribution < 1.29 is 9.59 Å².